The Morgan fingerprint density at radius 1 is 1.47 bits per heavy atom. The van der Waals surface area contributed by atoms with Gasteiger partial charge in [0.2, 0.25) is 0 Å². The molecule has 5 nitrogen and oxygen atoms in total. The van der Waals surface area contributed by atoms with Crippen molar-refractivity contribution in [2.45, 2.75) is 31.4 Å². The van der Waals surface area contributed by atoms with Gasteiger partial charge in [-0.25, -0.2) is 8.42 Å². The summed E-state index contributed by atoms with van der Waals surface area (Å²) < 4.78 is 27.8. The van der Waals surface area contributed by atoms with Crippen LogP contribution < -0.4 is 5.73 Å². The molecule has 0 saturated heterocycles. The summed E-state index contributed by atoms with van der Waals surface area (Å²) in [5, 5.41) is -0.438. The van der Waals surface area contributed by atoms with Crippen molar-refractivity contribution in [2.24, 2.45) is 5.73 Å². The van der Waals surface area contributed by atoms with Crippen molar-refractivity contribution >= 4 is 15.8 Å². The van der Waals surface area contributed by atoms with E-state index < -0.39 is 21.1 Å². The van der Waals surface area contributed by atoms with Crippen LogP contribution >= 0.6 is 0 Å². The first-order valence-electron chi connectivity index (χ1n) is 4.96. The van der Waals surface area contributed by atoms with Gasteiger partial charge >= 0.3 is 5.97 Å². The Labute approximate surface area is 90.9 Å². The first-order valence-corrected chi connectivity index (χ1v) is 6.68. The highest BCUT2D eigenvalue weighted by Crippen LogP contribution is 2.12. The minimum Gasteiger partial charge on any atom is -0.469 e. The average molecular weight is 237 g/mol. The molecular weight excluding hydrogens is 218 g/mol. The molecule has 0 saturated carbocycles. The van der Waals surface area contributed by atoms with Crippen LogP contribution in [-0.2, 0) is 19.4 Å². The number of ether oxygens (including phenoxy) is 1. The standard InChI is InChI=1S/C9H19NO4S/c1-3-8(4-6-10)15(12,13)7-5-9(11)14-2/h8H,3-7,10H2,1-2H3. The molecule has 0 aromatic carbocycles. The summed E-state index contributed by atoms with van der Waals surface area (Å²) in [4.78, 5) is 10.8. The molecule has 0 aromatic heterocycles. The molecule has 6 heteroatoms. The Balaban J connectivity index is 4.32. The molecule has 0 aliphatic carbocycles. The van der Waals surface area contributed by atoms with E-state index in [1.165, 1.54) is 7.11 Å². The van der Waals surface area contributed by atoms with Crippen LogP contribution in [0.4, 0.5) is 0 Å². The predicted octanol–water partition coefficient (Wildman–Crippen LogP) is 0.0917. The lowest BCUT2D eigenvalue weighted by Crippen LogP contribution is -2.27. The molecule has 0 aliphatic heterocycles. The minimum atomic E-state index is -3.22. The normalized spacial score (nSPS) is 13.5. The zero-order valence-corrected chi connectivity index (χ0v) is 10.0. The van der Waals surface area contributed by atoms with Gasteiger partial charge in [-0.1, -0.05) is 6.92 Å². The van der Waals surface area contributed by atoms with Crippen LogP contribution in [0.25, 0.3) is 0 Å². The molecule has 1 unspecified atom stereocenters. The van der Waals surface area contributed by atoms with Crippen LogP contribution in [0.3, 0.4) is 0 Å². The maximum atomic E-state index is 11.7. The van der Waals surface area contributed by atoms with Gasteiger partial charge in [-0.15, -0.1) is 0 Å². The molecule has 2 N–H and O–H groups in total. The summed E-state index contributed by atoms with van der Waals surface area (Å²) in [5.41, 5.74) is 5.33. The summed E-state index contributed by atoms with van der Waals surface area (Å²) >= 11 is 0. The van der Waals surface area contributed by atoms with E-state index in [2.05, 4.69) is 4.74 Å². The van der Waals surface area contributed by atoms with Gasteiger partial charge in [-0.3, -0.25) is 4.79 Å². The van der Waals surface area contributed by atoms with Gasteiger partial charge in [-0.2, -0.15) is 0 Å². The molecule has 0 fully saturated rings. The molecule has 0 aromatic rings. The Hall–Kier alpha value is -0.620. The Morgan fingerprint density at radius 3 is 2.47 bits per heavy atom. The molecule has 90 valence electrons. The molecule has 0 spiro atoms. The quantitative estimate of drug-likeness (QED) is 0.634. The maximum Gasteiger partial charge on any atom is 0.306 e. The smallest absolute Gasteiger partial charge is 0.306 e. The van der Waals surface area contributed by atoms with Crippen molar-refractivity contribution in [2.75, 3.05) is 19.4 Å². The first-order chi connectivity index (χ1) is 6.97. The minimum absolute atomic E-state index is 0.0834. The molecule has 0 heterocycles. The fourth-order valence-electron chi connectivity index (χ4n) is 1.32. The number of rotatable bonds is 7. The SMILES string of the molecule is CCC(CCN)S(=O)(=O)CCC(=O)OC. The zero-order valence-electron chi connectivity index (χ0n) is 9.23. The van der Waals surface area contributed by atoms with Crippen molar-refractivity contribution in [3.63, 3.8) is 0 Å². The number of nitrogens with two attached hydrogens (primary N) is 1. The second kappa shape index (κ2) is 6.79. The fourth-order valence-corrected chi connectivity index (χ4v) is 3.11. The molecule has 0 bridgehead atoms. The molecule has 15 heavy (non-hydrogen) atoms. The lowest BCUT2D eigenvalue weighted by Gasteiger charge is -2.14. The lowest BCUT2D eigenvalue weighted by atomic mass is 10.2. The highest BCUT2D eigenvalue weighted by Gasteiger charge is 2.23. The van der Waals surface area contributed by atoms with Crippen LogP contribution in [0.15, 0.2) is 0 Å². The largest absolute Gasteiger partial charge is 0.469 e. The van der Waals surface area contributed by atoms with Crippen molar-refractivity contribution in [1.82, 2.24) is 0 Å². The monoisotopic (exact) mass is 237 g/mol. The lowest BCUT2D eigenvalue weighted by molar-refractivity contribution is -0.140. The van der Waals surface area contributed by atoms with Crippen molar-refractivity contribution in [1.29, 1.82) is 0 Å². The Morgan fingerprint density at radius 2 is 2.07 bits per heavy atom. The summed E-state index contributed by atoms with van der Waals surface area (Å²) in [6.45, 7) is 2.14. The maximum absolute atomic E-state index is 11.7. The van der Waals surface area contributed by atoms with E-state index in [0.717, 1.165) is 0 Å². The summed E-state index contributed by atoms with van der Waals surface area (Å²) in [7, 11) is -1.98. The third kappa shape index (κ3) is 5.13. The van der Waals surface area contributed by atoms with E-state index in [-0.39, 0.29) is 12.2 Å². The van der Waals surface area contributed by atoms with Gasteiger partial charge < -0.3 is 10.5 Å². The Bertz CT molecular complexity index is 286. The number of hydrogen-bond donors (Lipinski definition) is 1. The van der Waals surface area contributed by atoms with Crippen LogP contribution in [0, 0.1) is 0 Å². The highest BCUT2D eigenvalue weighted by atomic mass is 32.2. The number of sulfone groups is 1. The third-order valence-electron chi connectivity index (χ3n) is 2.27. The van der Waals surface area contributed by atoms with Crippen molar-refractivity contribution < 1.29 is 17.9 Å². The van der Waals surface area contributed by atoms with E-state index in [0.29, 0.717) is 19.4 Å². The van der Waals surface area contributed by atoms with Crippen molar-refractivity contribution in [3.8, 4) is 0 Å². The van der Waals surface area contributed by atoms with Gasteiger partial charge in [0, 0.05) is 0 Å². The van der Waals surface area contributed by atoms with E-state index in [4.69, 9.17) is 5.73 Å². The predicted molar refractivity (Wildman–Crippen MR) is 58.2 cm³/mol. The highest BCUT2D eigenvalue weighted by molar-refractivity contribution is 7.92. The van der Waals surface area contributed by atoms with Crippen LogP contribution in [0.1, 0.15) is 26.2 Å². The molecule has 1 atom stereocenters. The third-order valence-corrected chi connectivity index (χ3v) is 4.63. The molecular formula is C9H19NO4S. The second-order valence-corrected chi connectivity index (χ2v) is 5.70. The molecule has 0 radical (unpaired) electrons. The fraction of sp³-hybridized carbons (Fsp3) is 0.889. The first kappa shape index (κ1) is 14.4. The molecule has 0 aliphatic rings. The van der Waals surface area contributed by atoms with Gasteiger partial charge in [0.25, 0.3) is 0 Å². The van der Waals surface area contributed by atoms with E-state index in [1.54, 1.807) is 6.92 Å². The summed E-state index contributed by atoms with van der Waals surface area (Å²) in [5.74, 6) is -0.653. The van der Waals surface area contributed by atoms with E-state index in [1.807, 2.05) is 0 Å². The summed E-state index contributed by atoms with van der Waals surface area (Å²) in [6.07, 6.45) is 0.890. The van der Waals surface area contributed by atoms with Gasteiger partial charge in [-0.05, 0) is 19.4 Å². The van der Waals surface area contributed by atoms with Crippen molar-refractivity contribution in [3.05, 3.63) is 0 Å². The van der Waals surface area contributed by atoms with Crippen LogP contribution in [-0.4, -0.2) is 39.0 Å². The topological polar surface area (TPSA) is 86.5 Å². The number of carbonyl (C=O) groups excluding carboxylic acids is 1. The van der Waals surface area contributed by atoms with E-state index >= 15 is 0 Å². The van der Waals surface area contributed by atoms with Gasteiger partial charge in [0.05, 0.1) is 24.5 Å². The number of methoxy groups -OCH3 is 1. The van der Waals surface area contributed by atoms with E-state index in [9.17, 15) is 13.2 Å². The molecule has 0 rings (SSSR count). The number of esters is 1. The van der Waals surface area contributed by atoms with Gasteiger partial charge in [0.15, 0.2) is 9.84 Å². The number of carbonyl (C=O) groups is 1. The summed E-state index contributed by atoms with van der Waals surface area (Å²) in [6, 6.07) is 0. The zero-order chi connectivity index (χ0) is 11.9. The van der Waals surface area contributed by atoms with Crippen LogP contribution in [0.5, 0.6) is 0 Å². The second-order valence-electron chi connectivity index (χ2n) is 3.30. The number of hydrogen-bond acceptors (Lipinski definition) is 5. The van der Waals surface area contributed by atoms with Crippen LogP contribution in [0.2, 0.25) is 0 Å². The van der Waals surface area contributed by atoms with Gasteiger partial charge in [0.1, 0.15) is 0 Å². The molecule has 0 amide bonds. The average Bonchev–Trinajstić information content (AvgIpc) is 2.22. The Kier molecular flexibility index (Phi) is 6.51.